The van der Waals surface area contributed by atoms with Crippen LogP contribution in [0.3, 0.4) is 0 Å². The minimum absolute atomic E-state index is 0.141. The zero-order chi connectivity index (χ0) is 21.1. The molecule has 0 fully saturated rings. The number of esters is 1. The molecule has 1 heterocycles. The Bertz CT molecular complexity index is 1230. The molecule has 0 bridgehead atoms. The number of carbonyl (C=O) groups is 2. The molecule has 6 nitrogen and oxygen atoms in total. The molecule has 152 valence electrons. The van der Waals surface area contributed by atoms with E-state index in [2.05, 4.69) is 4.57 Å². The molecule has 0 aliphatic rings. The molecule has 0 aliphatic carbocycles. The minimum Gasteiger partial charge on any atom is -0.424 e. The molecule has 0 aliphatic heterocycles. The zero-order valence-electron chi connectivity index (χ0n) is 16.6. The van der Waals surface area contributed by atoms with Gasteiger partial charge in [0, 0.05) is 24.1 Å². The van der Waals surface area contributed by atoms with Gasteiger partial charge in [-0.1, -0.05) is 42.5 Å². The van der Waals surface area contributed by atoms with Crippen LogP contribution in [0.1, 0.15) is 22.8 Å². The molecule has 0 radical (unpaired) electrons. The number of rotatable bonds is 7. The summed E-state index contributed by atoms with van der Waals surface area (Å²) in [6, 6.07) is 21.0. The molecule has 0 unspecified atom stereocenters. The van der Waals surface area contributed by atoms with E-state index in [0.717, 1.165) is 16.6 Å². The lowest BCUT2D eigenvalue weighted by Gasteiger charge is -2.09. The van der Waals surface area contributed by atoms with Crippen LogP contribution in [0.25, 0.3) is 21.8 Å². The van der Waals surface area contributed by atoms with E-state index in [1.807, 2.05) is 61.5 Å². The van der Waals surface area contributed by atoms with Crippen LogP contribution in [0.4, 0.5) is 0 Å². The van der Waals surface area contributed by atoms with Crippen molar-refractivity contribution in [1.82, 2.24) is 4.57 Å². The van der Waals surface area contributed by atoms with Gasteiger partial charge in [-0.15, -0.1) is 0 Å². The van der Waals surface area contributed by atoms with Gasteiger partial charge < -0.3 is 19.8 Å². The number of fused-ring (bicyclic) bond motifs is 3. The van der Waals surface area contributed by atoms with Crippen molar-refractivity contribution >= 4 is 33.7 Å². The van der Waals surface area contributed by atoms with E-state index in [1.165, 1.54) is 0 Å². The number of benzene rings is 3. The summed E-state index contributed by atoms with van der Waals surface area (Å²) in [5.74, 6) is -0.651. The Kier molecular flexibility index (Phi) is 5.50. The molecule has 0 spiro atoms. The normalized spacial score (nSPS) is 11.1. The summed E-state index contributed by atoms with van der Waals surface area (Å²) < 4.78 is 12.9. The highest BCUT2D eigenvalue weighted by Crippen LogP contribution is 2.38. The fourth-order valence-electron chi connectivity index (χ4n) is 3.72. The number of amides is 1. The molecule has 0 atom stereocenters. The van der Waals surface area contributed by atoms with Crippen molar-refractivity contribution < 1.29 is 19.1 Å². The van der Waals surface area contributed by atoms with Crippen molar-refractivity contribution in [2.24, 2.45) is 5.73 Å². The molecular weight excluding hydrogens is 380 g/mol. The number of ether oxygens (including phenoxy) is 2. The SMILES string of the molecule is CCOCC(=O)Oc1cccc2c1c1c(C(N)=O)cccc1n2Cc1ccccc1. The molecule has 4 aromatic rings. The lowest BCUT2D eigenvalue weighted by Crippen LogP contribution is -2.15. The average molecular weight is 402 g/mol. The molecule has 0 saturated heterocycles. The predicted octanol–water partition coefficient (Wildman–Crippen LogP) is 3.88. The van der Waals surface area contributed by atoms with Crippen molar-refractivity contribution in [3.63, 3.8) is 0 Å². The number of aromatic nitrogens is 1. The van der Waals surface area contributed by atoms with E-state index in [0.29, 0.717) is 35.2 Å². The molecular formula is C24H22N2O4. The highest BCUT2D eigenvalue weighted by molar-refractivity contribution is 6.20. The van der Waals surface area contributed by atoms with Gasteiger partial charge in [0.25, 0.3) is 0 Å². The Hall–Kier alpha value is -3.64. The summed E-state index contributed by atoms with van der Waals surface area (Å²) in [6.45, 7) is 2.68. The third-order valence-electron chi connectivity index (χ3n) is 4.98. The summed E-state index contributed by atoms with van der Waals surface area (Å²) in [7, 11) is 0. The van der Waals surface area contributed by atoms with Crippen LogP contribution in [0.2, 0.25) is 0 Å². The summed E-state index contributed by atoms with van der Waals surface area (Å²) in [5, 5.41) is 1.36. The second kappa shape index (κ2) is 8.39. The summed E-state index contributed by atoms with van der Waals surface area (Å²) in [6.07, 6.45) is 0. The Balaban J connectivity index is 1.95. The van der Waals surface area contributed by atoms with E-state index in [4.69, 9.17) is 15.2 Å². The number of nitrogens with two attached hydrogens (primary N) is 1. The monoisotopic (exact) mass is 402 g/mol. The van der Waals surface area contributed by atoms with Crippen LogP contribution in [0.15, 0.2) is 66.7 Å². The Morgan fingerprint density at radius 1 is 0.900 bits per heavy atom. The average Bonchev–Trinajstić information content (AvgIpc) is 3.07. The maximum atomic E-state index is 12.2. The van der Waals surface area contributed by atoms with Gasteiger partial charge in [-0.3, -0.25) is 4.79 Å². The first-order valence-electron chi connectivity index (χ1n) is 9.76. The number of primary amides is 1. The molecule has 30 heavy (non-hydrogen) atoms. The highest BCUT2D eigenvalue weighted by Gasteiger charge is 2.20. The number of carbonyl (C=O) groups excluding carboxylic acids is 2. The van der Waals surface area contributed by atoms with E-state index in [9.17, 15) is 9.59 Å². The van der Waals surface area contributed by atoms with Crippen molar-refractivity contribution in [3.05, 3.63) is 77.9 Å². The standard InChI is InChI=1S/C24H22N2O4/c1-2-29-15-21(27)30-20-13-7-12-19-23(20)22-17(24(25)28)10-6-11-18(22)26(19)14-16-8-4-3-5-9-16/h3-13H,2,14-15H2,1H3,(H2,25,28). The molecule has 1 aromatic heterocycles. The van der Waals surface area contributed by atoms with Crippen molar-refractivity contribution in [2.45, 2.75) is 13.5 Å². The summed E-state index contributed by atoms with van der Waals surface area (Å²) in [4.78, 5) is 24.4. The van der Waals surface area contributed by atoms with Crippen molar-refractivity contribution in [3.8, 4) is 5.75 Å². The number of hydrogen-bond donors (Lipinski definition) is 1. The first kappa shape index (κ1) is 19.7. The Morgan fingerprint density at radius 2 is 1.60 bits per heavy atom. The molecule has 0 saturated carbocycles. The van der Waals surface area contributed by atoms with E-state index < -0.39 is 11.9 Å². The highest BCUT2D eigenvalue weighted by atomic mass is 16.6. The third-order valence-corrected chi connectivity index (χ3v) is 4.98. The molecule has 1 amide bonds. The van der Waals surface area contributed by atoms with Gasteiger partial charge in [-0.05, 0) is 36.8 Å². The Morgan fingerprint density at radius 3 is 2.30 bits per heavy atom. The first-order valence-corrected chi connectivity index (χ1v) is 9.76. The lowest BCUT2D eigenvalue weighted by atomic mass is 10.1. The van der Waals surface area contributed by atoms with Gasteiger partial charge in [0.15, 0.2) is 0 Å². The van der Waals surface area contributed by atoms with E-state index in [-0.39, 0.29) is 6.61 Å². The van der Waals surface area contributed by atoms with Crippen molar-refractivity contribution in [2.75, 3.05) is 13.2 Å². The fourth-order valence-corrected chi connectivity index (χ4v) is 3.72. The molecule has 2 N–H and O–H groups in total. The molecule has 4 rings (SSSR count). The molecule has 3 aromatic carbocycles. The van der Waals surface area contributed by atoms with Crippen LogP contribution in [0, 0.1) is 0 Å². The zero-order valence-corrected chi connectivity index (χ0v) is 16.6. The molecule has 6 heteroatoms. The van der Waals surface area contributed by atoms with Crippen LogP contribution in [0.5, 0.6) is 5.75 Å². The van der Waals surface area contributed by atoms with Gasteiger partial charge in [0.05, 0.1) is 16.4 Å². The fraction of sp³-hybridized carbons (Fsp3) is 0.167. The van der Waals surface area contributed by atoms with Gasteiger partial charge >= 0.3 is 5.97 Å². The Labute approximate surface area is 173 Å². The number of hydrogen-bond acceptors (Lipinski definition) is 4. The smallest absolute Gasteiger partial charge is 0.337 e. The second-order valence-electron chi connectivity index (χ2n) is 6.90. The van der Waals surface area contributed by atoms with Gasteiger partial charge in [-0.25, -0.2) is 4.79 Å². The quantitative estimate of drug-likeness (QED) is 0.376. The lowest BCUT2D eigenvalue weighted by molar-refractivity contribution is -0.139. The number of nitrogens with zero attached hydrogens (tertiary/aromatic N) is 1. The van der Waals surface area contributed by atoms with Crippen LogP contribution >= 0.6 is 0 Å². The predicted molar refractivity (Wildman–Crippen MR) is 116 cm³/mol. The minimum atomic E-state index is -0.533. The van der Waals surface area contributed by atoms with Crippen molar-refractivity contribution in [1.29, 1.82) is 0 Å². The largest absolute Gasteiger partial charge is 0.424 e. The summed E-state index contributed by atoms with van der Waals surface area (Å²) >= 11 is 0. The first-order chi connectivity index (χ1) is 14.6. The van der Waals surface area contributed by atoms with Crippen LogP contribution < -0.4 is 10.5 Å². The maximum absolute atomic E-state index is 12.2. The van der Waals surface area contributed by atoms with Gasteiger partial charge in [0.1, 0.15) is 12.4 Å². The van der Waals surface area contributed by atoms with Gasteiger partial charge in [-0.2, -0.15) is 0 Å². The summed E-state index contributed by atoms with van der Waals surface area (Å²) in [5.41, 5.74) is 8.87. The van der Waals surface area contributed by atoms with E-state index in [1.54, 1.807) is 12.1 Å². The van der Waals surface area contributed by atoms with Crippen LogP contribution in [-0.4, -0.2) is 29.7 Å². The van der Waals surface area contributed by atoms with E-state index >= 15 is 0 Å². The van der Waals surface area contributed by atoms with Gasteiger partial charge in [0.2, 0.25) is 5.91 Å². The van der Waals surface area contributed by atoms with Crippen LogP contribution in [-0.2, 0) is 16.1 Å². The topological polar surface area (TPSA) is 83.6 Å². The maximum Gasteiger partial charge on any atom is 0.337 e. The third kappa shape index (κ3) is 3.65. The second-order valence-corrected chi connectivity index (χ2v) is 6.90.